The third kappa shape index (κ3) is 5.65. The van der Waals surface area contributed by atoms with Crippen LogP contribution in [-0.2, 0) is 11.3 Å². The summed E-state index contributed by atoms with van der Waals surface area (Å²) in [6.07, 6.45) is 2.53. The Kier molecular flexibility index (Phi) is 7.82. The van der Waals surface area contributed by atoms with Crippen molar-refractivity contribution in [2.24, 2.45) is 5.92 Å². The van der Waals surface area contributed by atoms with Gasteiger partial charge in [-0.1, -0.05) is 48.3 Å². The molecule has 0 aliphatic carbocycles. The number of nitrogens with one attached hydrogen (secondary N) is 1. The summed E-state index contributed by atoms with van der Waals surface area (Å²) in [5, 5.41) is 4.63. The van der Waals surface area contributed by atoms with Crippen LogP contribution < -0.4 is 10.1 Å². The van der Waals surface area contributed by atoms with Crippen molar-refractivity contribution in [2.45, 2.75) is 38.8 Å². The molecule has 6 heteroatoms. The van der Waals surface area contributed by atoms with E-state index in [4.69, 9.17) is 27.9 Å². The van der Waals surface area contributed by atoms with Gasteiger partial charge in [0.1, 0.15) is 5.75 Å². The van der Waals surface area contributed by atoms with Gasteiger partial charge in [0.15, 0.2) is 0 Å². The molecule has 1 unspecified atom stereocenters. The van der Waals surface area contributed by atoms with Crippen LogP contribution in [0.2, 0.25) is 10.0 Å². The van der Waals surface area contributed by atoms with Crippen molar-refractivity contribution in [3.05, 3.63) is 63.6 Å². The molecule has 2 aromatic carbocycles. The Labute approximate surface area is 183 Å². The van der Waals surface area contributed by atoms with E-state index in [1.54, 1.807) is 7.11 Å². The Morgan fingerprint density at radius 2 is 1.76 bits per heavy atom. The summed E-state index contributed by atoms with van der Waals surface area (Å²) in [4.78, 5) is 15.2. The number of amides is 1. The fourth-order valence-corrected chi connectivity index (χ4v) is 4.32. The molecule has 156 valence electrons. The minimum absolute atomic E-state index is 0.0216. The third-order valence-electron chi connectivity index (χ3n) is 5.64. The number of likely N-dealkylation sites (tertiary alicyclic amines) is 1. The molecule has 3 rings (SSSR count). The maximum atomic E-state index is 12.8. The summed E-state index contributed by atoms with van der Waals surface area (Å²) in [5.74, 6) is 1.00. The summed E-state index contributed by atoms with van der Waals surface area (Å²) in [7, 11) is 1.65. The first kappa shape index (κ1) is 21.9. The Bertz CT molecular complexity index is 798. The van der Waals surface area contributed by atoms with E-state index in [9.17, 15) is 4.79 Å². The Morgan fingerprint density at radius 1 is 1.14 bits per heavy atom. The number of halogens is 2. The molecule has 1 aliphatic heterocycles. The van der Waals surface area contributed by atoms with Gasteiger partial charge >= 0.3 is 0 Å². The monoisotopic (exact) mass is 434 g/mol. The largest absolute Gasteiger partial charge is 0.497 e. The van der Waals surface area contributed by atoms with Gasteiger partial charge in [-0.2, -0.15) is 0 Å². The van der Waals surface area contributed by atoms with E-state index in [1.165, 1.54) is 0 Å². The second-order valence-corrected chi connectivity index (χ2v) is 8.31. The highest BCUT2D eigenvalue weighted by atomic mass is 35.5. The zero-order valence-electron chi connectivity index (χ0n) is 17.0. The maximum Gasteiger partial charge on any atom is 0.223 e. The van der Waals surface area contributed by atoms with Crippen molar-refractivity contribution in [1.82, 2.24) is 10.2 Å². The van der Waals surface area contributed by atoms with Gasteiger partial charge in [-0.25, -0.2) is 0 Å². The molecule has 4 nitrogen and oxygen atoms in total. The summed E-state index contributed by atoms with van der Waals surface area (Å²) >= 11 is 12.6. The molecule has 2 aromatic rings. The molecule has 0 spiro atoms. The number of rotatable bonds is 7. The van der Waals surface area contributed by atoms with Crippen molar-refractivity contribution < 1.29 is 9.53 Å². The predicted molar refractivity (Wildman–Crippen MR) is 119 cm³/mol. The molecule has 0 aromatic heterocycles. The lowest BCUT2D eigenvalue weighted by Gasteiger charge is -2.32. The average Bonchev–Trinajstić information content (AvgIpc) is 2.75. The summed E-state index contributed by atoms with van der Waals surface area (Å²) < 4.78 is 5.22. The van der Waals surface area contributed by atoms with Crippen molar-refractivity contribution in [1.29, 1.82) is 0 Å². The van der Waals surface area contributed by atoms with E-state index < -0.39 is 0 Å². The molecule has 0 saturated carbocycles. The second-order valence-electron chi connectivity index (χ2n) is 7.49. The molecule has 29 heavy (non-hydrogen) atoms. The molecular formula is C23H28Cl2N2O2. The molecular weight excluding hydrogens is 407 g/mol. The first-order valence-electron chi connectivity index (χ1n) is 10.1. The highest BCUT2D eigenvalue weighted by Crippen LogP contribution is 2.28. The Balaban J connectivity index is 1.53. The first-order valence-corrected chi connectivity index (χ1v) is 10.9. The standard InChI is InChI=1S/C23H28Cl2N2O2/c1-3-22(16-7-9-18(29-2)10-8-16)26-23(28)17-11-13-27(14-12-17)15-19-20(24)5-4-6-21(19)25/h4-10,17,22H,3,11-15H2,1-2H3,(H,26,28). The normalized spacial score (nSPS) is 16.4. The minimum atomic E-state index is 0.0216. The number of methoxy groups -OCH3 is 1. The molecule has 0 bridgehead atoms. The smallest absolute Gasteiger partial charge is 0.223 e. The van der Waals surface area contributed by atoms with Gasteiger partial charge in [-0.15, -0.1) is 0 Å². The van der Waals surface area contributed by atoms with E-state index in [0.717, 1.165) is 55.8 Å². The van der Waals surface area contributed by atoms with Gasteiger partial charge in [0, 0.05) is 28.1 Å². The van der Waals surface area contributed by atoms with E-state index in [-0.39, 0.29) is 17.9 Å². The van der Waals surface area contributed by atoms with Crippen molar-refractivity contribution in [3.8, 4) is 5.75 Å². The van der Waals surface area contributed by atoms with Crippen LogP contribution in [0.3, 0.4) is 0 Å². The molecule has 1 amide bonds. The molecule has 1 fully saturated rings. The van der Waals surface area contributed by atoms with Crippen LogP contribution in [0, 0.1) is 5.92 Å². The van der Waals surface area contributed by atoms with Crippen LogP contribution in [0.15, 0.2) is 42.5 Å². The fourth-order valence-electron chi connectivity index (χ4n) is 3.81. The van der Waals surface area contributed by atoms with Gasteiger partial charge in [0.05, 0.1) is 13.2 Å². The van der Waals surface area contributed by atoms with Crippen LogP contribution in [0.4, 0.5) is 0 Å². The Morgan fingerprint density at radius 3 is 2.31 bits per heavy atom. The van der Waals surface area contributed by atoms with E-state index in [1.807, 2.05) is 42.5 Å². The van der Waals surface area contributed by atoms with Gasteiger partial charge in [-0.05, 0) is 62.2 Å². The van der Waals surface area contributed by atoms with Gasteiger partial charge in [0.2, 0.25) is 5.91 Å². The van der Waals surface area contributed by atoms with Crippen molar-refractivity contribution >= 4 is 29.1 Å². The van der Waals surface area contributed by atoms with Crippen LogP contribution >= 0.6 is 23.2 Å². The SMILES string of the molecule is CCC(NC(=O)C1CCN(Cc2c(Cl)cccc2Cl)CC1)c1ccc(OC)cc1. The highest BCUT2D eigenvalue weighted by Gasteiger charge is 2.27. The van der Waals surface area contributed by atoms with Crippen LogP contribution in [-0.4, -0.2) is 31.0 Å². The molecule has 1 atom stereocenters. The Hall–Kier alpha value is -1.75. The van der Waals surface area contributed by atoms with Crippen LogP contribution in [0.25, 0.3) is 0 Å². The van der Waals surface area contributed by atoms with Crippen LogP contribution in [0.5, 0.6) is 5.75 Å². The van der Waals surface area contributed by atoms with Gasteiger partial charge in [0.25, 0.3) is 0 Å². The first-order chi connectivity index (χ1) is 14.0. The fraction of sp³-hybridized carbons (Fsp3) is 0.435. The summed E-state index contributed by atoms with van der Waals surface area (Å²) in [6, 6.07) is 13.5. The minimum Gasteiger partial charge on any atom is -0.497 e. The van der Waals surface area contributed by atoms with Gasteiger partial charge in [-0.3, -0.25) is 9.69 Å². The molecule has 0 radical (unpaired) electrons. The highest BCUT2D eigenvalue weighted by molar-refractivity contribution is 6.35. The van der Waals surface area contributed by atoms with Gasteiger partial charge < -0.3 is 10.1 Å². The molecule has 1 aliphatic rings. The molecule has 1 saturated heterocycles. The number of hydrogen-bond donors (Lipinski definition) is 1. The van der Waals surface area contributed by atoms with E-state index >= 15 is 0 Å². The number of benzene rings is 2. The molecule has 1 heterocycles. The second kappa shape index (κ2) is 10.3. The zero-order chi connectivity index (χ0) is 20.8. The van der Waals surface area contributed by atoms with E-state index in [0.29, 0.717) is 10.0 Å². The predicted octanol–water partition coefficient (Wildman–Crippen LogP) is 5.48. The summed E-state index contributed by atoms with van der Waals surface area (Å²) in [6.45, 7) is 4.53. The summed E-state index contributed by atoms with van der Waals surface area (Å²) in [5.41, 5.74) is 2.07. The average molecular weight is 435 g/mol. The number of hydrogen-bond acceptors (Lipinski definition) is 3. The van der Waals surface area contributed by atoms with Crippen LogP contribution in [0.1, 0.15) is 43.4 Å². The lowest BCUT2D eigenvalue weighted by molar-refractivity contribution is -0.127. The lowest BCUT2D eigenvalue weighted by atomic mass is 9.94. The number of nitrogens with zero attached hydrogens (tertiary/aromatic N) is 1. The number of carbonyl (C=O) groups is 1. The topological polar surface area (TPSA) is 41.6 Å². The van der Waals surface area contributed by atoms with Crippen molar-refractivity contribution in [3.63, 3.8) is 0 Å². The zero-order valence-corrected chi connectivity index (χ0v) is 18.5. The lowest BCUT2D eigenvalue weighted by Crippen LogP contribution is -2.41. The maximum absolute atomic E-state index is 12.8. The third-order valence-corrected chi connectivity index (χ3v) is 6.35. The van der Waals surface area contributed by atoms with Crippen molar-refractivity contribution in [2.75, 3.05) is 20.2 Å². The molecule has 1 N–H and O–H groups in total. The number of ether oxygens (including phenoxy) is 1. The number of piperidine rings is 1. The van der Waals surface area contributed by atoms with E-state index in [2.05, 4.69) is 17.1 Å². The quantitative estimate of drug-likeness (QED) is 0.626. The number of carbonyl (C=O) groups excluding carboxylic acids is 1.